The van der Waals surface area contributed by atoms with Crippen LogP contribution in [0.25, 0.3) is 0 Å². The van der Waals surface area contributed by atoms with Gasteiger partial charge in [0.1, 0.15) is 0 Å². The third-order valence-electron chi connectivity index (χ3n) is 3.72. The minimum absolute atomic E-state index is 0.849. The first-order valence-electron chi connectivity index (χ1n) is 8.77. The van der Waals surface area contributed by atoms with Crippen molar-refractivity contribution in [3.63, 3.8) is 0 Å². The largest absolute Gasteiger partial charge is 0.330 e. The fraction of sp³-hybridized carbons (Fsp3) is 0.889. The smallest absolute Gasteiger partial charge is 0.00773 e. The molecule has 0 aromatic heterocycles. The molecule has 0 saturated carbocycles. The second kappa shape index (κ2) is 17.7. The van der Waals surface area contributed by atoms with E-state index in [-0.39, 0.29) is 0 Å². The zero-order valence-electron chi connectivity index (χ0n) is 13.3. The molecule has 0 heterocycles. The Balaban J connectivity index is 2.99. The van der Waals surface area contributed by atoms with E-state index in [4.69, 9.17) is 5.73 Å². The standard InChI is InChI=1S/C18H37N/c1-2-3-4-5-6-7-8-9-10-11-12-13-14-15-16-17-18-19/h12-13H,2-11,14-19H2,1H3/b13-12+. The summed E-state index contributed by atoms with van der Waals surface area (Å²) in [4.78, 5) is 0. The summed E-state index contributed by atoms with van der Waals surface area (Å²) in [6, 6.07) is 0. The van der Waals surface area contributed by atoms with Crippen LogP contribution in [-0.4, -0.2) is 6.54 Å². The molecule has 0 unspecified atom stereocenters. The Labute approximate surface area is 122 Å². The van der Waals surface area contributed by atoms with Crippen LogP contribution in [0.1, 0.15) is 96.8 Å². The van der Waals surface area contributed by atoms with Crippen molar-refractivity contribution in [2.45, 2.75) is 96.8 Å². The van der Waals surface area contributed by atoms with Gasteiger partial charge < -0.3 is 5.73 Å². The van der Waals surface area contributed by atoms with Crippen molar-refractivity contribution in [2.75, 3.05) is 6.54 Å². The van der Waals surface area contributed by atoms with Gasteiger partial charge >= 0.3 is 0 Å². The van der Waals surface area contributed by atoms with Gasteiger partial charge in [-0.05, 0) is 38.6 Å². The number of nitrogens with two attached hydrogens (primary N) is 1. The highest BCUT2D eigenvalue weighted by molar-refractivity contribution is 4.81. The molecule has 0 amide bonds. The number of allylic oxidation sites excluding steroid dienone is 2. The van der Waals surface area contributed by atoms with Crippen molar-refractivity contribution in [2.24, 2.45) is 5.73 Å². The molecule has 114 valence electrons. The second-order valence-corrected chi connectivity index (χ2v) is 5.73. The van der Waals surface area contributed by atoms with Crippen LogP contribution < -0.4 is 5.73 Å². The van der Waals surface area contributed by atoms with Gasteiger partial charge in [0, 0.05) is 0 Å². The molecule has 0 aliphatic heterocycles. The molecule has 0 spiro atoms. The Hall–Kier alpha value is -0.300. The average Bonchev–Trinajstić information content (AvgIpc) is 2.43. The van der Waals surface area contributed by atoms with Gasteiger partial charge in [0.25, 0.3) is 0 Å². The lowest BCUT2D eigenvalue weighted by Crippen LogP contribution is -1.97. The maximum absolute atomic E-state index is 5.46. The zero-order valence-corrected chi connectivity index (χ0v) is 13.3. The molecule has 0 rings (SSSR count). The highest BCUT2D eigenvalue weighted by atomic mass is 14.5. The van der Waals surface area contributed by atoms with E-state index in [1.54, 1.807) is 0 Å². The lowest BCUT2D eigenvalue weighted by Gasteiger charge is -2.00. The van der Waals surface area contributed by atoms with E-state index in [2.05, 4.69) is 19.1 Å². The van der Waals surface area contributed by atoms with Crippen molar-refractivity contribution in [1.82, 2.24) is 0 Å². The molecule has 1 heteroatoms. The van der Waals surface area contributed by atoms with Gasteiger partial charge in [-0.1, -0.05) is 76.9 Å². The first-order valence-corrected chi connectivity index (χ1v) is 8.77. The molecule has 1 nitrogen and oxygen atoms in total. The molecule has 19 heavy (non-hydrogen) atoms. The van der Waals surface area contributed by atoms with E-state index in [0.29, 0.717) is 0 Å². The highest BCUT2D eigenvalue weighted by Gasteiger charge is 1.91. The van der Waals surface area contributed by atoms with Crippen LogP contribution in [-0.2, 0) is 0 Å². The van der Waals surface area contributed by atoms with Crippen LogP contribution in [0.15, 0.2) is 12.2 Å². The highest BCUT2D eigenvalue weighted by Crippen LogP contribution is 2.10. The third kappa shape index (κ3) is 17.7. The summed E-state index contributed by atoms with van der Waals surface area (Å²) in [5, 5.41) is 0. The van der Waals surface area contributed by atoms with E-state index >= 15 is 0 Å². The number of hydrogen-bond acceptors (Lipinski definition) is 1. The van der Waals surface area contributed by atoms with Crippen LogP contribution in [0.3, 0.4) is 0 Å². The first-order chi connectivity index (χ1) is 9.41. The fourth-order valence-corrected chi connectivity index (χ4v) is 2.39. The van der Waals surface area contributed by atoms with Gasteiger partial charge in [-0.2, -0.15) is 0 Å². The molecular formula is C18H37N. The SMILES string of the molecule is CCCCCCCCCCC/C=C/CCCCCN. The molecule has 2 N–H and O–H groups in total. The first kappa shape index (κ1) is 18.7. The van der Waals surface area contributed by atoms with Crippen LogP contribution in [0.2, 0.25) is 0 Å². The summed E-state index contributed by atoms with van der Waals surface area (Å²) in [6.45, 7) is 3.13. The Morgan fingerprint density at radius 3 is 1.47 bits per heavy atom. The Morgan fingerprint density at radius 1 is 0.579 bits per heavy atom. The molecule has 0 fully saturated rings. The summed E-state index contributed by atoms with van der Waals surface area (Å²) in [6.07, 6.45) is 23.9. The lowest BCUT2D eigenvalue weighted by molar-refractivity contribution is 0.566. The van der Waals surface area contributed by atoms with Crippen LogP contribution in [0, 0.1) is 0 Å². The Kier molecular flexibility index (Phi) is 17.4. The summed E-state index contributed by atoms with van der Waals surface area (Å²) in [5.41, 5.74) is 5.46. The number of unbranched alkanes of at least 4 members (excludes halogenated alkanes) is 12. The minimum atomic E-state index is 0.849. The van der Waals surface area contributed by atoms with E-state index in [9.17, 15) is 0 Å². The molecule has 0 aromatic rings. The Morgan fingerprint density at radius 2 is 1.00 bits per heavy atom. The van der Waals surface area contributed by atoms with Crippen molar-refractivity contribution < 1.29 is 0 Å². The van der Waals surface area contributed by atoms with E-state index < -0.39 is 0 Å². The Bertz CT molecular complexity index is 175. The average molecular weight is 268 g/mol. The molecule has 0 atom stereocenters. The predicted octanol–water partition coefficient (Wildman–Crippen LogP) is 5.98. The number of rotatable bonds is 15. The van der Waals surface area contributed by atoms with E-state index in [1.165, 1.54) is 89.9 Å². The molecule has 0 aliphatic rings. The van der Waals surface area contributed by atoms with Crippen molar-refractivity contribution in [3.05, 3.63) is 12.2 Å². The van der Waals surface area contributed by atoms with Gasteiger partial charge in [0.05, 0.1) is 0 Å². The molecule has 0 aliphatic carbocycles. The van der Waals surface area contributed by atoms with Crippen LogP contribution in [0.5, 0.6) is 0 Å². The lowest BCUT2D eigenvalue weighted by atomic mass is 10.1. The van der Waals surface area contributed by atoms with Gasteiger partial charge in [-0.3, -0.25) is 0 Å². The summed E-state index contributed by atoms with van der Waals surface area (Å²) >= 11 is 0. The summed E-state index contributed by atoms with van der Waals surface area (Å²) in [5.74, 6) is 0. The minimum Gasteiger partial charge on any atom is -0.330 e. The predicted molar refractivity (Wildman–Crippen MR) is 88.5 cm³/mol. The van der Waals surface area contributed by atoms with E-state index in [1.807, 2.05) is 0 Å². The fourth-order valence-electron chi connectivity index (χ4n) is 2.39. The van der Waals surface area contributed by atoms with Gasteiger partial charge in [-0.25, -0.2) is 0 Å². The van der Waals surface area contributed by atoms with Crippen molar-refractivity contribution >= 4 is 0 Å². The molecule has 0 radical (unpaired) electrons. The zero-order chi connectivity index (χ0) is 14.0. The maximum atomic E-state index is 5.46. The van der Waals surface area contributed by atoms with Gasteiger partial charge in [-0.15, -0.1) is 0 Å². The van der Waals surface area contributed by atoms with Crippen molar-refractivity contribution in [1.29, 1.82) is 0 Å². The summed E-state index contributed by atoms with van der Waals surface area (Å²) < 4.78 is 0. The topological polar surface area (TPSA) is 26.0 Å². The molecule has 0 saturated heterocycles. The summed E-state index contributed by atoms with van der Waals surface area (Å²) in [7, 11) is 0. The normalized spacial score (nSPS) is 11.5. The van der Waals surface area contributed by atoms with Crippen LogP contribution in [0.4, 0.5) is 0 Å². The monoisotopic (exact) mass is 267 g/mol. The maximum Gasteiger partial charge on any atom is -0.00773 e. The number of hydrogen-bond donors (Lipinski definition) is 1. The molecule has 0 bridgehead atoms. The molecule has 0 aromatic carbocycles. The van der Waals surface area contributed by atoms with Crippen LogP contribution >= 0.6 is 0 Å². The van der Waals surface area contributed by atoms with Gasteiger partial charge in [0.15, 0.2) is 0 Å². The molecular weight excluding hydrogens is 230 g/mol. The second-order valence-electron chi connectivity index (χ2n) is 5.73. The van der Waals surface area contributed by atoms with E-state index in [0.717, 1.165) is 6.54 Å². The third-order valence-corrected chi connectivity index (χ3v) is 3.72. The van der Waals surface area contributed by atoms with Gasteiger partial charge in [0.2, 0.25) is 0 Å². The van der Waals surface area contributed by atoms with Crippen molar-refractivity contribution in [3.8, 4) is 0 Å². The quantitative estimate of drug-likeness (QED) is 0.286.